The number of aryl methyl sites for hydroxylation is 2. The molecule has 4 rings (SSSR count). The van der Waals surface area contributed by atoms with Crippen molar-refractivity contribution in [1.82, 2.24) is 0 Å². The van der Waals surface area contributed by atoms with Gasteiger partial charge in [0, 0.05) is 0 Å². The maximum atomic E-state index is 13.8. The quantitative estimate of drug-likeness (QED) is 0.159. The first kappa shape index (κ1) is 27.4. The Bertz CT molecular complexity index is 1360. The normalized spacial score (nSPS) is 13.7. The molecule has 0 unspecified atom stereocenters. The molecule has 1 heterocycles. The Hall–Kier alpha value is -3.66. The molecular weight excluding hydrogens is 595 g/mol. The summed E-state index contributed by atoms with van der Waals surface area (Å²) < 4.78 is 12.5. The number of benzene rings is 3. The van der Waals surface area contributed by atoms with E-state index in [-0.39, 0.29) is 5.57 Å². The summed E-state index contributed by atoms with van der Waals surface area (Å²) in [5, 5.41) is 0. The van der Waals surface area contributed by atoms with Crippen LogP contribution in [0.25, 0.3) is 6.08 Å². The maximum Gasteiger partial charge on any atom is 0.343 e. The molecule has 0 radical (unpaired) electrons. The summed E-state index contributed by atoms with van der Waals surface area (Å²) in [4.78, 5) is 43.5. The van der Waals surface area contributed by atoms with Crippen LogP contribution in [0.15, 0.2) is 66.2 Å². The van der Waals surface area contributed by atoms with Gasteiger partial charge < -0.3 is 9.47 Å². The van der Waals surface area contributed by atoms with E-state index in [2.05, 4.69) is 22.6 Å². The monoisotopic (exact) mass is 624 g/mol. The van der Waals surface area contributed by atoms with Crippen LogP contribution in [0.2, 0.25) is 0 Å². The second-order valence-corrected chi connectivity index (χ2v) is 9.97. The van der Waals surface area contributed by atoms with E-state index in [0.29, 0.717) is 41.7 Å². The molecule has 196 valence electrons. The Labute approximate surface area is 236 Å². The van der Waals surface area contributed by atoms with Crippen LogP contribution in [0.1, 0.15) is 37.0 Å². The van der Waals surface area contributed by atoms with E-state index in [0.717, 1.165) is 30.9 Å². The number of nitrogens with zero attached hydrogens (tertiary/aromatic N) is 2. The summed E-state index contributed by atoms with van der Waals surface area (Å²) in [6.45, 7) is 8.49. The summed E-state index contributed by atoms with van der Waals surface area (Å²) in [6.07, 6.45) is 2.36. The van der Waals surface area contributed by atoms with E-state index in [9.17, 15) is 14.4 Å². The van der Waals surface area contributed by atoms with E-state index in [1.54, 1.807) is 30.3 Å². The molecule has 1 saturated heterocycles. The molecule has 1 aliphatic heterocycles. The summed E-state index contributed by atoms with van der Waals surface area (Å²) >= 11 is 2.16. The number of para-hydroxylation sites is 2. The summed E-state index contributed by atoms with van der Waals surface area (Å²) in [6, 6.07) is 17.1. The molecular formula is C30H29IN2O5. The van der Waals surface area contributed by atoms with Crippen LogP contribution in [0.4, 0.5) is 16.2 Å². The standard InChI is InChI=1S/C30H29IN2O5/c1-5-15-38-27-23(31)17-21(18-26(27)37-6-2)16-22-28(34)32(24-13-9-7-11-19(24)3)30(36)33(29(22)35)25-14-10-8-12-20(25)4/h7-14,16-18H,5-6,15H2,1-4H3. The molecule has 0 N–H and O–H groups in total. The minimum atomic E-state index is -0.714. The number of carbonyl (C=O) groups is 3. The smallest absolute Gasteiger partial charge is 0.343 e. The molecule has 0 saturated carbocycles. The zero-order valence-corrected chi connectivity index (χ0v) is 23.9. The third-order valence-electron chi connectivity index (χ3n) is 6.06. The van der Waals surface area contributed by atoms with Crippen molar-refractivity contribution in [3.05, 3.63) is 86.5 Å². The Morgan fingerprint density at radius 3 is 1.87 bits per heavy atom. The van der Waals surface area contributed by atoms with Gasteiger partial charge in [-0.2, -0.15) is 0 Å². The highest BCUT2D eigenvalue weighted by Crippen LogP contribution is 2.37. The summed E-state index contributed by atoms with van der Waals surface area (Å²) in [5.74, 6) is -0.217. The predicted molar refractivity (Wildman–Crippen MR) is 157 cm³/mol. The van der Waals surface area contributed by atoms with Crippen LogP contribution < -0.4 is 19.3 Å². The van der Waals surface area contributed by atoms with Crippen LogP contribution in [0.5, 0.6) is 11.5 Å². The second kappa shape index (κ2) is 11.8. The molecule has 4 amide bonds. The van der Waals surface area contributed by atoms with Gasteiger partial charge in [0.1, 0.15) is 5.57 Å². The third kappa shape index (κ3) is 5.31. The van der Waals surface area contributed by atoms with Gasteiger partial charge in [-0.3, -0.25) is 9.59 Å². The molecule has 1 fully saturated rings. The van der Waals surface area contributed by atoms with Gasteiger partial charge in [-0.05, 0) is 96.8 Å². The number of urea groups is 1. The van der Waals surface area contributed by atoms with Gasteiger partial charge in [0.05, 0.1) is 28.2 Å². The van der Waals surface area contributed by atoms with E-state index >= 15 is 0 Å². The fourth-order valence-corrected chi connectivity index (χ4v) is 5.01. The lowest BCUT2D eigenvalue weighted by atomic mass is 10.0. The Balaban J connectivity index is 1.89. The van der Waals surface area contributed by atoms with Crippen molar-refractivity contribution >= 4 is 57.9 Å². The average molecular weight is 624 g/mol. The van der Waals surface area contributed by atoms with Crippen molar-refractivity contribution in [2.24, 2.45) is 0 Å². The number of hydrogen-bond acceptors (Lipinski definition) is 5. The highest BCUT2D eigenvalue weighted by Gasteiger charge is 2.44. The molecule has 8 heteroatoms. The third-order valence-corrected chi connectivity index (χ3v) is 6.86. The van der Waals surface area contributed by atoms with Crippen molar-refractivity contribution in [2.45, 2.75) is 34.1 Å². The second-order valence-electron chi connectivity index (χ2n) is 8.81. The lowest BCUT2D eigenvalue weighted by Crippen LogP contribution is -2.57. The molecule has 38 heavy (non-hydrogen) atoms. The lowest BCUT2D eigenvalue weighted by molar-refractivity contribution is -0.121. The van der Waals surface area contributed by atoms with Crippen LogP contribution in [0, 0.1) is 17.4 Å². The van der Waals surface area contributed by atoms with Gasteiger partial charge in [0.15, 0.2) is 11.5 Å². The van der Waals surface area contributed by atoms with Crippen molar-refractivity contribution < 1.29 is 23.9 Å². The molecule has 7 nitrogen and oxygen atoms in total. The maximum absolute atomic E-state index is 13.8. The molecule has 0 spiro atoms. The highest BCUT2D eigenvalue weighted by molar-refractivity contribution is 14.1. The summed E-state index contributed by atoms with van der Waals surface area (Å²) in [5.41, 5.74) is 2.77. The molecule has 0 aromatic heterocycles. The van der Waals surface area contributed by atoms with E-state index < -0.39 is 17.8 Å². The fourth-order valence-electron chi connectivity index (χ4n) is 4.23. The molecule has 1 aliphatic rings. The van der Waals surface area contributed by atoms with Crippen molar-refractivity contribution in [3.63, 3.8) is 0 Å². The number of hydrogen-bond donors (Lipinski definition) is 0. The van der Waals surface area contributed by atoms with Gasteiger partial charge in [0.2, 0.25) is 0 Å². The first-order valence-corrected chi connectivity index (χ1v) is 13.5. The largest absolute Gasteiger partial charge is 0.490 e. The number of imide groups is 2. The Morgan fingerprint density at radius 1 is 0.816 bits per heavy atom. The average Bonchev–Trinajstić information content (AvgIpc) is 2.88. The van der Waals surface area contributed by atoms with Crippen LogP contribution in [0.3, 0.4) is 0 Å². The topological polar surface area (TPSA) is 76.2 Å². The van der Waals surface area contributed by atoms with Crippen molar-refractivity contribution in [3.8, 4) is 11.5 Å². The first-order chi connectivity index (χ1) is 18.3. The fraction of sp³-hybridized carbons (Fsp3) is 0.233. The minimum Gasteiger partial charge on any atom is -0.490 e. The lowest BCUT2D eigenvalue weighted by Gasteiger charge is -2.35. The number of anilines is 2. The van der Waals surface area contributed by atoms with Gasteiger partial charge in [-0.1, -0.05) is 43.3 Å². The van der Waals surface area contributed by atoms with Gasteiger partial charge >= 0.3 is 6.03 Å². The molecule has 3 aromatic carbocycles. The Kier molecular flexibility index (Phi) is 8.51. The van der Waals surface area contributed by atoms with Crippen LogP contribution in [-0.2, 0) is 9.59 Å². The number of ether oxygens (including phenoxy) is 2. The number of halogens is 1. The van der Waals surface area contributed by atoms with Gasteiger partial charge in [0.25, 0.3) is 11.8 Å². The number of barbiturate groups is 1. The van der Waals surface area contributed by atoms with Crippen LogP contribution in [-0.4, -0.2) is 31.1 Å². The highest BCUT2D eigenvalue weighted by atomic mass is 127. The van der Waals surface area contributed by atoms with E-state index in [4.69, 9.17) is 9.47 Å². The number of rotatable bonds is 8. The molecule has 3 aromatic rings. The number of carbonyl (C=O) groups excluding carboxylic acids is 3. The first-order valence-electron chi connectivity index (χ1n) is 12.4. The van der Waals surface area contributed by atoms with E-state index in [1.807, 2.05) is 58.0 Å². The molecule has 0 aliphatic carbocycles. The Morgan fingerprint density at radius 2 is 1.37 bits per heavy atom. The zero-order chi connectivity index (χ0) is 27.4. The molecule has 0 bridgehead atoms. The zero-order valence-electron chi connectivity index (χ0n) is 21.8. The van der Waals surface area contributed by atoms with Crippen LogP contribution >= 0.6 is 22.6 Å². The van der Waals surface area contributed by atoms with Crippen molar-refractivity contribution in [2.75, 3.05) is 23.0 Å². The predicted octanol–water partition coefficient (Wildman–Crippen LogP) is 6.68. The van der Waals surface area contributed by atoms with Gasteiger partial charge in [-0.25, -0.2) is 14.6 Å². The molecule has 0 atom stereocenters. The minimum absolute atomic E-state index is 0.128. The number of amides is 4. The summed E-state index contributed by atoms with van der Waals surface area (Å²) in [7, 11) is 0. The SMILES string of the molecule is CCCOc1c(I)cc(C=C2C(=O)N(c3ccccc3C)C(=O)N(c3ccccc3C)C2=O)cc1OCC. The van der Waals surface area contributed by atoms with Gasteiger partial charge in [-0.15, -0.1) is 0 Å². The van der Waals surface area contributed by atoms with E-state index in [1.165, 1.54) is 6.08 Å². The van der Waals surface area contributed by atoms with Crippen molar-refractivity contribution in [1.29, 1.82) is 0 Å².